The van der Waals surface area contributed by atoms with Gasteiger partial charge in [-0.2, -0.15) is 13.2 Å². The maximum atomic E-state index is 15.4. The van der Waals surface area contributed by atoms with Crippen LogP contribution in [0.4, 0.5) is 13.2 Å². The number of likely N-dealkylation sites (N-methyl/N-ethyl adjacent to an activating group) is 7. The minimum atomic E-state index is -4.51. The number of nitroso groups, excluding NO2 is 1. The number of hydrogen-bond donors (Lipinski definition) is 2. The van der Waals surface area contributed by atoms with Crippen LogP contribution in [0.3, 0.4) is 0 Å². The van der Waals surface area contributed by atoms with Gasteiger partial charge in [-0.1, -0.05) is 110 Å². The van der Waals surface area contributed by atoms with Crippen molar-refractivity contribution < 1.29 is 71.1 Å². The van der Waals surface area contributed by atoms with Crippen molar-refractivity contribution in [2.75, 3.05) is 62.4 Å². The molecule has 7 amide bonds. The number of nitrogens with zero attached hydrogens (tertiary/aromatic N) is 9. The van der Waals surface area contributed by atoms with E-state index in [0.29, 0.717) is 17.7 Å². The Morgan fingerprint density at radius 1 is 0.532 bits per heavy atom. The number of hydrogen-bond acceptors (Lipinski definition) is 13. The fourth-order valence-corrected chi connectivity index (χ4v) is 13.3. The van der Waals surface area contributed by atoms with E-state index in [1.54, 1.807) is 41.5 Å². The molecular formula is C69H122F3N10O12+. The van der Waals surface area contributed by atoms with E-state index in [0.717, 1.165) is 9.91 Å². The van der Waals surface area contributed by atoms with E-state index in [4.69, 9.17) is 0 Å². The molecule has 0 bridgehead atoms. The van der Waals surface area contributed by atoms with Crippen LogP contribution in [0.5, 0.6) is 0 Å². The number of carbonyl (C=O) groups excluding carboxylic acids is 10. The number of halogens is 3. The van der Waals surface area contributed by atoms with Gasteiger partial charge in [-0.15, -0.1) is 5.01 Å². The van der Waals surface area contributed by atoms with E-state index < -0.39 is 167 Å². The molecule has 0 aromatic rings. The number of nitrogens with one attached hydrogen (secondary N) is 1. The van der Waals surface area contributed by atoms with Gasteiger partial charge in [-0.3, -0.25) is 58.2 Å². The van der Waals surface area contributed by atoms with Gasteiger partial charge < -0.3 is 34.5 Å². The third-order valence-corrected chi connectivity index (χ3v) is 19.6. The van der Waals surface area contributed by atoms with Crippen LogP contribution in [0, 0.1) is 64.1 Å². The van der Waals surface area contributed by atoms with E-state index in [2.05, 4.69) is 5.32 Å². The van der Waals surface area contributed by atoms with Crippen LogP contribution in [0.15, 0.2) is 0 Å². The van der Waals surface area contributed by atoms with E-state index in [1.807, 2.05) is 55.4 Å². The van der Waals surface area contributed by atoms with Crippen molar-refractivity contribution in [3.8, 4) is 0 Å². The summed E-state index contributed by atoms with van der Waals surface area (Å²) in [5.41, 5.74) is 0. The molecular weight excluding hydrogens is 1220 g/mol. The van der Waals surface area contributed by atoms with Crippen molar-refractivity contribution in [1.29, 1.82) is 0 Å². The quantitative estimate of drug-likeness (QED) is 0.140. The lowest BCUT2D eigenvalue weighted by molar-refractivity contribution is -0.734. The number of aliphatic hydroxyl groups excluding tert-OH is 1. The van der Waals surface area contributed by atoms with Gasteiger partial charge in [0.2, 0.25) is 35.4 Å². The largest absolute Gasteiger partial charge is 0.404 e. The van der Waals surface area contributed by atoms with Gasteiger partial charge in [0.05, 0.1) is 30.1 Å². The topological polar surface area (TPSA) is 249 Å². The molecule has 2 aliphatic rings. The Labute approximate surface area is 560 Å². The molecule has 2 fully saturated rings. The number of likely N-dealkylation sites (tertiary alicyclic amines) is 1. The second kappa shape index (κ2) is 37.2. The predicted octanol–water partition coefficient (Wildman–Crippen LogP) is 7.89. The minimum absolute atomic E-state index is 0.0236. The molecule has 2 heterocycles. The summed E-state index contributed by atoms with van der Waals surface area (Å²) in [7, 11) is 9.85. The van der Waals surface area contributed by atoms with Crippen LogP contribution in [0.1, 0.15) is 195 Å². The number of ketones is 3. The number of hydrazine groups is 1. The second-order valence-electron chi connectivity index (χ2n) is 29.9. The molecule has 22 nitrogen and oxygen atoms in total. The van der Waals surface area contributed by atoms with Gasteiger partial charge in [-0.25, -0.2) is 0 Å². The summed E-state index contributed by atoms with van der Waals surface area (Å²) in [6.07, 6.45) is -7.28. The minimum Gasteiger partial charge on any atom is -0.390 e. The first-order valence-corrected chi connectivity index (χ1v) is 34.4. The van der Waals surface area contributed by atoms with Crippen molar-refractivity contribution in [3.63, 3.8) is 0 Å². The molecule has 2 aliphatic heterocycles. The Hall–Kier alpha value is -5.59. The van der Waals surface area contributed by atoms with Crippen LogP contribution in [0.2, 0.25) is 0 Å². The first-order valence-electron chi connectivity index (χ1n) is 34.4. The summed E-state index contributed by atoms with van der Waals surface area (Å²) in [6, 6.07) is -10.5. The Morgan fingerprint density at radius 3 is 1.47 bits per heavy atom. The highest BCUT2D eigenvalue weighted by atomic mass is 19.4. The van der Waals surface area contributed by atoms with Gasteiger partial charge in [0.1, 0.15) is 35.1 Å². The normalized spacial score (nSPS) is 28.6. The summed E-state index contributed by atoms with van der Waals surface area (Å²) in [5, 5.41) is 16.3. The highest BCUT2D eigenvalue weighted by Gasteiger charge is 2.49. The highest BCUT2D eigenvalue weighted by Crippen LogP contribution is 2.34. The number of rotatable bonds is 16. The van der Waals surface area contributed by atoms with Crippen molar-refractivity contribution in [1.82, 2.24) is 44.6 Å². The zero-order valence-electron chi connectivity index (χ0n) is 61.5. The summed E-state index contributed by atoms with van der Waals surface area (Å²) in [4.78, 5) is 172. The fourth-order valence-electron chi connectivity index (χ4n) is 13.3. The standard InChI is InChI=1S/C69H121F3N10O12/c1-25-49-37-57(85)60(61(86)45(14)29-31-81-30-27-26-28-58(81)69(70,71)72)79(23)68(93)59(44(12)13)78(22)66(91)53(34-41(6)7)77(21)67(92)54(35-42(8)9)80(24)82(94)48(17)73-62(87)46(15)36-55(83)51(32-39(2)3)76(20)65(90)50(43(10)11)38-56(84)52(33-40(4)5)75(19)63(88)47(16)74(18)64(49)89/h39-54,58-61,86H,25-38H2,1-24H3/p+1/t45-,46+,47-,48-,49+,50-,51?,52+,53-,54-,58?,59-,60+,61-/m1/s1. The smallest absolute Gasteiger partial charge is 0.390 e. The van der Waals surface area contributed by atoms with Gasteiger partial charge in [-0.05, 0) is 113 Å². The predicted molar refractivity (Wildman–Crippen MR) is 356 cm³/mol. The first kappa shape index (κ1) is 84.5. The molecule has 0 spiro atoms. The lowest BCUT2D eigenvalue weighted by atomic mass is 9.84. The monoisotopic (exact) mass is 1340 g/mol. The summed E-state index contributed by atoms with van der Waals surface area (Å²) in [6.45, 7) is 29.6. The molecule has 14 atom stereocenters. The number of alkyl halides is 3. The molecule has 2 N–H and O–H groups in total. The molecule has 0 aromatic carbocycles. The van der Waals surface area contributed by atoms with Crippen LogP contribution in [-0.4, -0.2) is 237 Å². The Kier molecular flexibility index (Phi) is 33.5. The van der Waals surface area contributed by atoms with Gasteiger partial charge in [0.25, 0.3) is 5.91 Å². The number of piperidine rings is 1. The molecule has 94 heavy (non-hydrogen) atoms. The van der Waals surface area contributed by atoms with Crippen LogP contribution in [0.25, 0.3) is 0 Å². The number of aliphatic hydroxyl groups is 1. The third-order valence-electron chi connectivity index (χ3n) is 19.6. The fraction of sp³-hybridized carbons (Fsp3) is 0.855. The number of carbonyl (C=O) groups is 10. The first-order chi connectivity index (χ1) is 43.3. The van der Waals surface area contributed by atoms with Crippen LogP contribution < -0.4 is 5.32 Å². The molecule has 2 saturated heterocycles. The van der Waals surface area contributed by atoms with E-state index in [-0.39, 0.29) is 94.5 Å². The van der Waals surface area contributed by atoms with Crippen molar-refractivity contribution in [3.05, 3.63) is 4.91 Å². The summed E-state index contributed by atoms with van der Waals surface area (Å²) in [5.74, 6) is -11.9. The van der Waals surface area contributed by atoms with E-state index >= 15 is 19.2 Å². The highest BCUT2D eigenvalue weighted by molar-refractivity contribution is 5.99. The molecule has 0 radical (unpaired) electrons. The van der Waals surface area contributed by atoms with E-state index in [9.17, 15) is 52.0 Å². The second-order valence-corrected chi connectivity index (χ2v) is 29.9. The molecule has 540 valence electrons. The number of amides is 7. The van der Waals surface area contributed by atoms with Gasteiger partial charge in [0.15, 0.2) is 23.4 Å². The maximum Gasteiger partial charge on any atom is 0.404 e. The molecule has 2 rings (SSSR count). The average Bonchev–Trinajstić information content (AvgIpc) is 0.822. The van der Waals surface area contributed by atoms with Gasteiger partial charge in [0, 0.05) is 86.2 Å². The third kappa shape index (κ3) is 22.8. The molecule has 2 unspecified atom stereocenters. The van der Waals surface area contributed by atoms with Crippen LogP contribution >= 0.6 is 0 Å². The zero-order valence-corrected chi connectivity index (χ0v) is 61.5. The number of Topliss-reactive ketones (excluding diaryl/α,β-unsaturated/α-hetero) is 3. The Morgan fingerprint density at radius 2 is 0.989 bits per heavy atom. The van der Waals surface area contributed by atoms with Crippen molar-refractivity contribution >= 4 is 58.7 Å². The Balaban J connectivity index is 3.04. The van der Waals surface area contributed by atoms with Crippen molar-refractivity contribution in [2.24, 2.45) is 59.2 Å². The molecule has 25 heteroatoms. The lowest BCUT2D eigenvalue weighted by Gasteiger charge is -2.41. The van der Waals surface area contributed by atoms with Crippen molar-refractivity contribution in [2.45, 2.75) is 262 Å². The SMILES string of the molecule is CC[C@H]1CC(=O)[C@@H]([C@H](O)[C@H](C)CCN2CCCCC2C(F)(F)F)N(C)C(=O)[C@@H](C(C)C)N(C)C(=O)[C@@H](CC(C)C)N(C)C(=O)[C@@H](CC(C)C)N(C)[N+](=O)[C@H](C)NC(=O)[C@@H](C)CC(=O)C(CC(C)C)N(C)C(=O)[C@@H](C(C)C)CC(=O)[C@H](CC(C)C)N(C)C(=O)[C@@H](C)N(C)C1=O. The van der Waals surface area contributed by atoms with Crippen LogP contribution in [-0.2, 0) is 47.9 Å². The average molecular weight is 1340 g/mol. The summed E-state index contributed by atoms with van der Waals surface area (Å²) >= 11 is 0. The Bertz CT molecular complexity index is 2590. The maximum absolute atomic E-state index is 15.4. The zero-order chi connectivity index (χ0) is 72.6. The van der Waals surface area contributed by atoms with E-state index in [1.165, 1.54) is 99.5 Å². The molecule has 0 aliphatic carbocycles. The molecule has 0 aromatic heterocycles. The summed E-state index contributed by atoms with van der Waals surface area (Å²) < 4.78 is 43.0. The lowest BCUT2D eigenvalue weighted by Crippen LogP contribution is -2.62. The molecule has 0 saturated carbocycles. The van der Waals surface area contributed by atoms with Gasteiger partial charge >= 0.3 is 12.3 Å².